The number of nitrogens with zero attached hydrogens (tertiary/aromatic N) is 1. The van der Waals surface area contributed by atoms with E-state index in [1.165, 1.54) is 11.4 Å². The van der Waals surface area contributed by atoms with E-state index in [1.807, 2.05) is 6.92 Å². The Morgan fingerprint density at radius 2 is 2.00 bits per heavy atom. The molecule has 1 heterocycles. The number of sulfonamides is 1. The fraction of sp³-hybridized carbons (Fsp3) is 0.923. The first-order valence-corrected chi connectivity index (χ1v) is 8.56. The zero-order valence-corrected chi connectivity index (χ0v) is 13.1. The van der Waals surface area contributed by atoms with E-state index in [2.05, 4.69) is 0 Å². The molecule has 1 saturated heterocycles. The molecule has 2 fully saturated rings. The fourth-order valence-corrected chi connectivity index (χ4v) is 5.51. The predicted octanol–water partition coefficient (Wildman–Crippen LogP) is 0.767. The quantitative estimate of drug-likeness (QED) is 0.717. The molecule has 0 spiro atoms. The zero-order chi connectivity index (χ0) is 14.9. The number of hydrogen-bond acceptors (Lipinski definition) is 5. The molecule has 0 bridgehead atoms. The van der Waals surface area contributed by atoms with Crippen LogP contribution in [0.15, 0.2) is 0 Å². The van der Waals surface area contributed by atoms with Crippen molar-refractivity contribution >= 4 is 16.0 Å². The molecule has 4 unspecified atom stereocenters. The molecule has 1 aliphatic carbocycles. The monoisotopic (exact) mass is 305 g/mol. The van der Waals surface area contributed by atoms with E-state index in [0.29, 0.717) is 25.9 Å². The highest BCUT2D eigenvalue weighted by molar-refractivity contribution is 7.89. The van der Waals surface area contributed by atoms with Crippen molar-refractivity contribution in [3.05, 3.63) is 0 Å². The molecule has 2 aliphatic rings. The van der Waals surface area contributed by atoms with Gasteiger partial charge in [0.05, 0.1) is 30.4 Å². The van der Waals surface area contributed by atoms with Crippen molar-refractivity contribution in [2.24, 2.45) is 5.92 Å². The number of likely N-dealkylation sites (N-methyl/N-ethyl adjacent to an activating group) is 1. The van der Waals surface area contributed by atoms with Crippen molar-refractivity contribution < 1.29 is 22.7 Å². The molecule has 116 valence electrons. The molecule has 0 radical (unpaired) electrons. The molecular weight excluding hydrogens is 282 g/mol. The first-order valence-electron chi connectivity index (χ1n) is 7.06. The van der Waals surface area contributed by atoms with E-state index < -0.39 is 27.2 Å². The van der Waals surface area contributed by atoms with Gasteiger partial charge in [-0.15, -0.1) is 0 Å². The van der Waals surface area contributed by atoms with Gasteiger partial charge in [0.25, 0.3) is 0 Å². The Hall–Kier alpha value is -0.660. The van der Waals surface area contributed by atoms with E-state index in [0.717, 1.165) is 6.42 Å². The largest absolute Gasteiger partial charge is 0.469 e. The highest BCUT2D eigenvalue weighted by atomic mass is 32.2. The third kappa shape index (κ3) is 2.71. The highest BCUT2D eigenvalue weighted by Crippen LogP contribution is 2.35. The Balaban J connectivity index is 2.18. The van der Waals surface area contributed by atoms with Crippen molar-refractivity contribution in [1.82, 2.24) is 4.31 Å². The molecule has 20 heavy (non-hydrogen) atoms. The van der Waals surface area contributed by atoms with Gasteiger partial charge < -0.3 is 9.47 Å². The molecule has 0 aromatic carbocycles. The van der Waals surface area contributed by atoms with Gasteiger partial charge in [-0.3, -0.25) is 4.79 Å². The van der Waals surface area contributed by atoms with Crippen molar-refractivity contribution in [1.29, 1.82) is 0 Å². The topological polar surface area (TPSA) is 72.9 Å². The maximum Gasteiger partial charge on any atom is 0.310 e. The van der Waals surface area contributed by atoms with Gasteiger partial charge in [0.15, 0.2) is 0 Å². The standard InChI is InChI=1S/C13H23NO5S/c1-9-11(7-8-19-9)14(2)20(16,17)12-6-4-5-10(12)13(15)18-3/h9-12H,4-8H2,1-3H3. The second-order valence-electron chi connectivity index (χ2n) is 5.59. The van der Waals surface area contributed by atoms with Crippen LogP contribution in [-0.2, 0) is 24.3 Å². The van der Waals surface area contributed by atoms with Crippen LogP contribution in [0.1, 0.15) is 32.6 Å². The Labute approximate surface area is 120 Å². The number of carbonyl (C=O) groups is 1. The molecule has 7 heteroatoms. The summed E-state index contributed by atoms with van der Waals surface area (Å²) in [4.78, 5) is 11.7. The zero-order valence-electron chi connectivity index (χ0n) is 12.2. The van der Waals surface area contributed by atoms with Gasteiger partial charge in [0.1, 0.15) is 0 Å². The molecular formula is C13H23NO5S. The van der Waals surface area contributed by atoms with Crippen molar-refractivity contribution in [2.75, 3.05) is 20.8 Å². The van der Waals surface area contributed by atoms with Crippen LogP contribution in [0.25, 0.3) is 0 Å². The fourth-order valence-electron chi connectivity index (χ4n) is 3.30. The summed E-state index contributed by atoms with van der Waals surface area (Å²) in [7, 11) is -0.605. The average molecular weight is 305 g/mol. The molecule has 1 saturated carbocycles. The van der Waals surface area contributed by atoms with Crippen LogP contribution in [0.4, 0.5) is 0 Å². The molecule has 0 aromatic heterocycles. The minimum absolute atomic E-state index is 0.104. The lowest BCUT2D eigenvalue weighted by Crippen LogP contribution is -2.47. The van der Waals surface area contributed by atoms with Crippen LogP contribution in [-0.4, -0.2) is 56.9 Å². The summed E-state index contributed by atoms with van der Waals surface area (Å²) >= 11 is 0. The van der Waals surface area contributed by atoms with E-state index in [1.54, 1.807) is 7.05 Å². The normalized spacial score (nSPS) is 34.6. The summed E-state index contributed by atoms with van der Waals surface area (Å²) in [5.74, 6) is -0.953. The average Bonchev–Trinajstić information content (AvgIpc) is 3.05. The van der Waals surface area contributed by atoms with Crippen molar-refractivity contribution in [2.45, 2.75) is 50.0 Å². The molecule has 2 rings (SSSR count). The maximum atomic E-state index is 12.8. The minimum Gasteiger partial charge on any atom is -0.469 e. The SMILES string of the molecule is COC(=O)C1CCCC1S(=O)(=O)N(C)C1CCOC1C. The van der Waals surface area contributed by atoms with Gasteiger partial charge in [0.2, 0.25) is 10.0 Å². The number of hydrogen-bond donors (Lipinski definition) is 0. The van der Waals surface area contributed by atoms with Gasteiger partial charge in [-0.05, 0) is 26.2 Å². The van der Waals surface area contributed by atoms with Crippen molar-refractivity contribution in [3.8, 4) is 0 Å². The predicted molar refractivity (Wildman–Crippen MR) is 73.6 cm³/mol. The molecule has 1 aliphatic heterocycles. The Kier molecular flexibility index (Phi) is 4.71. The van der Waals surface area contributed by atoms with Gasteiger partial charge in [-0.25, -0.2) is 8.42 Å². The summed E-state index contributed by atoms with van der Waals surface area (Å²) in [5.41, 5.74) is 0. The maximum absolute atomic E-state index is 12.8. The van der Waals surface area contributed by atoms with Gasteiger partial charge in [-0.1, -0.05) is 6.42 Å². The summed E-state index contributed by atoms with van der Waals surface area (Å²) in [6.07, 6.45) is 2.45. The van der Waals surface area contributed by atoms with E-state index >= 15 is 0 Å². The van der Waals surface area contributed by atoms with Gasteiger partial charge in [-0.2, -0.15) is 4.31 Å². The lowest BCUT2D eigenvalue weighted by atomic mass is 10.1. The van der Waals surface area contributed by atoms with Crippen LogP contribution in [0.2, 0.25) is 0 Å². The molecule has 0 N–H and O–H groups in total. The Morgan fingerprint density at radius 3 is 2.55 bits per heavy atom. The van der Waals surface area contributed by atoms with E-state index in [-0.39, 0.29) is 12.1 Å². The summed E-state index contributed by atoms with van der Waals surface area (Å²) < 4.78 is 37.1. The Morgan fingerprint density at radius 1 is 1.30 bits per heavy atom. The second-order valence-corrected chi connectivity index (χ2v) is 7.80. The van der Waals surface area contributed by atoms with Crippen molar-refractivity contribution in [3.63, 3.8) is 0 Å². The number of rotatable bonds is 4. The third-order valence-electron chi connectivity index (χ3n) is 4.54. The molecule has 6 nitrogen and oxygen atoms in total. The summed E-state index contributed by atoms with van der Waals surface area (Å²) in [6, 6.07) is -0.140. The highest BCUT2D eigenvalue weighted by Gasteiger charge is 2.46. The van der Waals surface area contributed by atoms with Crippen LogP contribution in [0.5, 0.6) is 0 Å². The lowest BCUT2D eigenvalue weighted by Gasteiger charge is -2.30. The second kappa shape index (κ2) is 5.99. The number of esters is 1. The first kappa shape index (κ1) is 15.7. The van der Waals surface area contributed by atoms with Crippen LogP contribution in [0, 0.1) is 5.92 Å². The van der Waals surface area contributed by atoms with Crippen LogP contribution in [0.3, 0.4) is 0 Å². The van der Waals surface area contributed by atoms with E-state index in [9.17, 15) is 13.2 Å². The lowest BCUT2D eigenvalue weighted by molar-refractivity contribution is -0.145. The molecule has 4 atom stereocenters. The third-order valence-corrected chi connectivity index (χ3v) is 6.95. The summed E-state index contributed by atoms with van der Waals surface area (Å²) in [5, 5.41) is -0.659. The molecule has 0 amide bonds. The summed E-state index contributed by atoms with van der Waals surface area (Å²) in [6.45, 7) is 2.47. The number of carbonyl (C=O) groups excluding carboxylic acids is 1. The number of ether oxygens (including phenoxy) is 2. The van der Waals surface area contributed by atoms with Gasteiger partial charge in [0, 0.05) is 13.7 Å². The minimum atomic E-state index is -3.51. The van der Waals surface area contributed by atoms with E-state index in [4.69, 9.17) is 9.47 Å². The van der Waals surface area contributed by atoms with Gasteiger partial charge >= 0.3 is 5.97 Å². The Bertz CT molecular complexity index is 463. The smallest absolute Gasteiger partial charge is 0.310 e. The number of methoxy groups -OCH3 is 1. The van der Waals surface area contributed by atoms with Crippen LogP contribution < -0.4 is 0 Å². The first-order chi connectivity index (χ1) is 9.39. The van der Waals surface area contributed by atoms with Crippen LogP contribution >= 0.6 is 0 Å². The molecule has 0 aromatic rings.